The van der Waals surface area contributed by atoms with Crippen LogP contribution in [-0.2, 0) is 23.8 Å². The maximum atomic E-state index is 12.8. The fourth-order valence-electron chi connectivity index (χ4n) is 2.64. The molecule has 0 spiro atoms. The van der Waals surface area contributed by atoms with Crippen LogP contribution in [0.15, 0.2) is 24.5 Å². The van der Waals surface area contributed by atoms with Crippen LogP contribution in [0.3, 0.4) is 0 Å². The van der Waals surface area contributed by atoms with Crippen molar-refractivity contribution in [3.63, 3.8) is 0 Å². The molecule has 22 heavy (non-hydrogen) atoms. The summed E-state index contributed by atoms with van der Waals surface area (Å²) in [6, 6.07) is 3.61. The molecule has 0 amide bonds. The molecule has 2 heterocycles. The minimum Gasteiger partial charge on any atom is -0.461 e. The summed E-state index contributed by atoms with van der Waals surface area (Å²) in [6.45, 7) is 1.95. The molecule has 0 N–H and O–H groups in total. The number of carbonyl (C=O) groups is 1. The number of rotatable bonds is 2. The van der Waals surface area contributed by atoms with Crippen molar-refractivity contribution in [3.8, 4) is 5.69 Å². The Morgan fingerprint density at radius 2 is 2.14 bits per heavy atom. The van der Waals surface area contributed by atoms with Gasteiger partial charge in [0.1, 0.15) is 6.33 Å². The van der Waals surface area contributed by atoms with Crippen molar-refractivity contribution >= 4 is 5.97 Å². The van der Waals surface area contributed by atoms with Gasteiger partial charge in [-0.2, -0.15) is 13.2 Å². The number of aryl methyl sites for hydroxylation is 1. The molecule has 4 nitrogen and oxygen atoms in total. The Morgan fingerprint density at radius 3 is 2.82 bits per heavy atom. The van der Waals surface area contributed by atoms with E-state index in [0.717, 1.165) is 12.1 Å². The van der Waals surface area contributed by atoms with E-state index in [0.29, 0.717) is 29.8 Å². The highest BCUT2D eigenvalue weighted by Crippen LogP contribution is 2.34. The summed E-state index contributed by atoms with van der Waals surface area (Å²) in [4.78, 5) is 15.9. The predicted molar refractivity (Wildman–Crippen MR) is 71.9 cm³/mol. The van der Waals surface area contributed by atoms with Crippen molar-refractivity contribution < 1.29 is 22.7 Å². The first kappa shape index (κ1) is 14.6. The third kappa shape index (κ3) is 2.36. The van der Waals surface area contributed by atoms with Gasteiger partial charge in [0.2, 0.25) is 0 Å². The van der Waals surface area contributed by atoms with Gasteiger partial charge in [0.05, 0.1) is 23.6 Å². The largest absolute Gasteiger partial charge is 0.461 e. The lowest BCUT2D eigenvalue weighted by Gasteiger charge is -2.20. The van der Waals surface area contributed by atoms with Gasteiger partial charge in [-0.3, -0.25) is 0 Å². The van der Waals surface area contributed by atoms with Crippen LogP contribution in [0.2, 0.25) is 0 Å². The Balaban J connectivity index is 2.03. The van der Waals surface area contributed by atoms with Gasteiger partial charge in [-0.15, -0.1) is 0 Å². The summed E-state index contributed by atoms with van der Waals surface area (Å²) in [5, 5.41) is 0. The molecule has 1 aliphatic heterocycles. The van der Waals surface area contributed by atoms with Gasteiger partial charge in [-0.05, 0) is 43.5 Å². The molecule has 0 bridgehead atoms. The van der Waals surface area contributed by atoms with Crippen LogP contribution in [-0.4, -0.2) is 22.1 Å². The molecule has 1 aromatic carbocycles. The molecular formula is C15H13F3N2O2. The second-order valence-electron chi connectivity index (χ2n) is 4.97. The van der Waals surface area contributed by atoms with E-state index >= 15 is 0 Å². The summed E-state index contributed by atoms with van der Waals surface area (Å²) in [5.74, 6) is -0.508. The van der Waals surface area contributed by atoms with Crippen LogP contribution in [0.4, 0.5) is 13.2 Å². The van der Waals surface area contributed by atoms with Gasteiger partial charge in [-0.1, -0.05) is 0 Å². The average Bonchev–Trinajstić information content (AvgIpc) is 2.90. The van der Waals surface area contributed by atoms with Crippen LogP contribution < -0.4 is 0 Å². The monoisotopic (exact) mass is 310 g/mol. The lowest BCUT2D eigenvalue weighted by molar-refractivity contribution is -0.137. The zero-order valence-electron chi connectivity index (χ0n) is 11.8. The van der Waals surface area contributed by atoms with E-state index in [1.54, 1.807) is 11.5 Å². The second kappa shape index (κ2) is 5.15. The van der Waals surface area contributed by atoms with Crippen molar-refractivity contribution in [1.29, 1.82) is 0 Å². The van der Waals surface area contributed by atoms with Gasteiger partial charge in [0, 0.05) is 0 Å². The van der Waals surface area contributed by atoms with Crippen LogP contribution in [0, 0.1) is 0 Å². The zero-order valence-corrected chi connectivity index (χ0v) is 11.8. The number of fused-ring (bicyclic) bond motifs is 3. The second-order valence-corrected chi connectivity index (χ2v) is 4.97. The molecular weight excluding hydrogens is 297 g/mol. The van der Waals surface area contributed by atoms with Gasteiger partial charge < -0.3 is 9.30 Å². The summed E-state index contributed by atoms with van der Waals surface area (Å²) in [5.41, 5.74) is 1.45. The number of aromatic nitrogens is 2. The van der Waals surface area contributed by atoms with Crippen molar-refractivity contribution in [3.05, 3.63) is 47.0 Å². The maximum Gasteiger partial charge on any atom is 0.416 e. The molecule has 7 heteroatoms. The van der Waals surface area contributed by atoms with E-state index in [9.17, 15) is 18.0 Å². The molecule has 0 atom stereocenters. The quantitative estimate of drug-likeness (QED) is 0.800. The Bertz CT molecular complexity index is 735. The number of hydrogen-bond donors (Lipinski definition) is 0. The Labute approximate surface area is 124 Å². The number of halogens is 3. The van der Waals surface area contributed by atoms with E-state index < -0.39 is 17.7 Å². The van der Waals surface area contributed by atoms with Crippen LogP contribution in [0.1, 0.15) is 34.2 Å². The van der Waals surface area contributed by atoms with Crippen LogP contribution in [0.25, 0.3) is 5.69 Å². The van der Waals surface area contributed by atoms with E-state index in [1.165, 1.54) is 12.4 Å². The molecule has 1 aliphatic rings. The normalized spacial score (nSPS) is 13.5. The van der Waals surface area contributed by atoms with Crippen molar-refractivity contribution in [2.45, 2.75) is 25.9 Å². The molecule has 116 valence electrons. The Morgan fingerprint density at radius 1 is 1.36 bits per heavy atom. The van der Waals surface area contributed by atoms with Crippen molar-refractivity contribution in [2.75, 3.05) is 6.61 Å². The number of nitrogens with zero attached hydrogens (tertiary/aromatic N) is 2. The first-order valence-corrected chi connectivity index (χ1v) is 6.85. The smallest absolute Gasteiger partial charge is 0.416 e. The van der Waals surface area contributed by atoms with Crippen molar-refractivity contribution in [2.24, 2.45) is 0 Å². The molecule has 3 rings (SSSR count). The molecule has 0 radical (unpaired) electrons. The zero-order chi connectivity index (χ0) is 15.9. The van der Waals surface area contributed by atoms with Gasteiger partial charge in [0.25, 0.3) is 0 Å². The summed E-state index contributed by atoms with van der Waals surface area (Å²) in [6.07, 6.45) is -2.03. The summed E-state index contributed by atoms with van der Waals surface area (Å²) < 4.78 is 44.9. The SMILES string of the molecule is CCOC(=O)c1ncn2c1CCc1cc(C(F)(F)F)ccc1-2. The summed E-state index contributed by atoms with van der Waals surface area (Å²) >= 11 is 0. The highest BCUT2D eigenvalue weighted by atomic mass is 19.4. The number of alkyl halides is 3. The first-order chi connectivity index (χ1) is 10.4. The lowest BCUT2D eigenvalue weighted by atomic mass is 9.98. The maximum absolute atomic E-state index is 12.8. The van der Waals surface area contributed by atoms with Crippen LogP contribution in [0.5, 0.6) is 0 Å². The van der Waals surface area contributed by atoms with E-state index in [1.807, 2.05) is 0 Å². The fourth-order valence-corrected chi connectivity index (χ4v) is 2.64. The highest BCUT2D eigenvalue weighted by molar-refractivity contribution is 5.89. The average molecular weight is 310 g/mol. The number of hydrogen-bond acceptors (Lipinski definition) is 3. The number of imidazole rings is 1. The molecule has 1 aromatic heterocycles. The minimum atomic E-state index is -4.36. The van der Waals surface area contributed by atoms with Crippen LogP contribution >= 0.6 is 0 Å². The molecule has 2 aromatic rings. The number of ether oxygens (including phenoxy) is 1. The van der Waals surface area contributed by atoms with E-state index in [2.05, 4.69) is 4.98 Å². The standard InChI is InChI=1S/C15H13F3N2O2/c1-2-22-14(21)13-12-5-3-9-7-10(15(16,17)18)4-6-11(9)20(12)8-19-13/h4,6-8H,2-3,5H2,1H3. The number of benzene rings is 1. The fraction of sp³-hybridized carbons (Fsp3) is 0.333. The topological polar surface area (TPSA) is 44.1 Å². The molecule has 0 unspecified atom stereocenters. The van der Waals surface area contributed by atoms with Gasteiger partial charge in [0.15, 0.2) is 5.69 Å². The molecule has 0 fully saturated rings. The number of esters is 1. The Kier molecular flexibility index (Phi) is 3.42. The summed E-state index contributed by atoms with van der Waals surface area (Å²) in [7, 11) is 0. The predicted octanol–water partition coefficient (Wildman–Crippen LogP) is 3.17. The minimum absolute atomic E-state index is 0.229. The third-order valence-corrected chi connectivity index (χ3v) is 3.63. The molecule has 0 saturated carbocycles. The lowest BCUT2D eigenvalue weighted by Crippen LogP contribution is -2.16. The molecule has 0 aliphatic carbocycles. The first-order valence-electron chi connectivity index (χ1n) is 6.85. The van der Waals surface area contributed by atoms with Gasteiger partial charge >= 0.3 is 12.1 Å². The van der Waals surface area contributed by atoms with Gasteiger partial charge in [-0.25, -0.2) is 9.78 Å². The van der Waals surface area contributed by atoms with Crippen molar-refractivity contribution in [1.82, 2.24) is 9.55 Å². The number of carbonyl (C=O) groups excluding carboxylic acids is 1. The van der Waals surface area contributed by atoms with E-state index in [-0.39, 0.29) is 12.3 Å². The Hall–Kier alpha value is -2.31. The molecule has 0 saturated heterocycles. The highest BCUT2D eigenvalue weighted by Gasteiger charge is 2.32. The van der Waals surface area contributed by atoms with E-state index in [4.69, 9.17) is 4.74 Å². The third-order valence-electron chi connectivity index (χ3n) is 3.63.